The Morgan fingerprint density at radius 3 is 1.50 bits per heavy atom. The molecule has 0 amide bonds. The van der Waals surface area contributed by atoms with Crippen molar-refractivity contribution in [1.29, 1.82) is 0 Å². The Hall–Kier alpha value is -0.160. The lowest BCUT2D eigenvalue weighted by molar-refractivity contribution is -0.399. The van der Waals surface area contributed by atoms with Crippen LogP contribution < -0.4 is 0 Å². The van der Waals surface area contributed by atoms with Crippen LogP contribution in [0.5, 0.6) is 0 Å². The van der Waals surface area contributed by atoms with Crippen molar-refractivity contribution in [2.75, 3.05) is 14.2 Å². The topological polar surface area (TPSA) is 36.9 Å². The van der Waals surface area contributed by atoms with Gasteiger partial charge in [-0.2, -0.15) is 0 Å². The van der Waals surface area contributed by atoms with Crippen molar-refractivity contribution in [1.82, 2.24) is 0 Å². The van der Waals surface area contributed by atoms with Crippen LogP contribution >= 0.6 is 0 Å². The van der Waals surface area contributed by atoms with E-state index in [4.69, 9.17) is 18.9 Å². The van der Waals surface area contributed by atoms with Gasteiger partial charge in [0.25, 0.3) is 0 Å². The summed E-state index contributed by atoms with van der Waals surface area (Å²) in [7, 11) is 3.82. The zero-order valence-electron chi connectivity index (χ0n) is 15.5. The molecular formula is C22H28O4. The van der Waals surface area contributed by atoms with E-state index >= 15 is 0 Å². The minimum Gasteiger partial charge on any atom is -0.355 e. The fourth-order valence-corrected chi connectivity index (χ4v) is 13.0. The Bertz CT molecular complexity index is 676. The third-order valence-electron chi connectivity index (χ3n) is 12.0. The largest absolute Gasteiger partial charge is 0.355 e. The molecule has 4 nitrogen and oxygen atoms in total. The summed E-state index contributed by atoms with van der Waals surface area (Å²) in [5, 5.41) is 0. The minimum atomic E-state index is -0.0142. The molecule has 8 aliphatic carbocycles. The molecule has 0 aromatic heterocycles. The van der Waals surface area contributed by atoms with Gasteiger partial charge in [-0.25, -0.2) is 0 Å². The van der Waals surface area contributed by atoms with Gasteiger partial charge < -0.3 is 18.9 Å². The molecule has 4 heteroatoms. The zero-order valence-corrected chi connectivity index (χ0v) is 15.5. The first kappa shape index (κ1) is 13.9. The number of ether oxygens (including phenoxy) is 4. The standard InChI is InChI=1S/C22H28O4/c1-23-19-21-15-7-4-6-10-12(7)18-13(15)14-16(22(18,21)20(24-2)26-10)8-3-5-9(25-19)11(8)17(14)21/h7-20H,3-6H2,1-2H3/t7-,8+,9+,10-,11-,12-,13-,14+,15-,16+,17+,18-,19-,20-,21-,22-/m1/s1. The van der Waals surface area contributed by atoms with E-state index in [0.29, 0.717) is 12.2 Å². The molecule has 0 aromatic rings. The molecule has 2 aliphatic heterocycles. The molecule has 2 spiro atoms. The highest BCUT2D eigenvalue weighted by molar-refractivity contribution is 5.45. The van der Waals surface area contributed by atoms with E-state index < -0.39 is 0 Å². The number of hydrogen-bond donors (Lipinski definition) is 0. The highest BCUT2D eigenvalue weighted by atomic mass is 16.7. The lowest BCUT2D eigenvalue weighted by Gasteiger charge is -2.68. The monoisotopic (exact) mass is 356 g/mol. The normalized spacial score (nSPS) is 79.6. The average Bonchev–Trinajstić information content (AvgIpc) is 3.44. The molecule has 0 unspecified atom stereocenters. The summed E-state index contributed by atoms with van der Waals surface area (Å²) in [5.41, 5.74) is 0.400. The Balaban J connectivity index is 1.40. The van der Waals surface area contributed by atoms with E-state index in [1.165, 1.54) is 25.7 Å². The SMILES string of the molecule is CO[C@@H]1O[C@H]2CC[C@H]3[C@H]2[C@H]2[C@H]4[C@H]5[C@H]6[C@@H]7[C@H]8CC[C@H]7O[C@@H](OC)[C@]6([C@@H]34)[C@@]12[C@H]85. The lowest BCUT2D eigenvalue weighted by Crippen LogP contribution is -2.73. The summed E-state index contributed by atoms with van der Waals surface area (Å²) in [6.07, 6.45) is 6.18. The first-order valence-corrected chi connectivity index (χ1v) is 11.2. The maximum Gasteiger partial charge on any atom is 0.164 e. The van der Waals surface area contributed by atoms with Gasteiger partial charge in [0.2, 0.25) is 0 Å². The van der Waals surface area contributed by atoms with Gasteiger partial charge in [0.05, 0.1) is 12.2 Å². The fourth-order valence-electron chi connectivity index (χ4n) is 13.0. The molecular weight excluding hydrogens is 328 g/mol. The summed E-state index contributed by atoms with van der Waals surface area (Å²) >= 11 is 0. The van der Waals surface area contributed by atoms with Gasteiger partial charge in [-0.1, -0.05) is 0 Å². The molecule has 10 aliphatic rings. The Morgan fingerprint density at radius 1 is 0.615 bits per heavy atom. The van der Waals surface area contributed by atoms with Gasteiger partial charge >= 0.3 is 0 Å². The molecule has 16 atom stereocenters. The van der Waals surface area contributed by atoms with Crippen molar-refractivity contribution < 1.29 is 18.9 Å². The van der Waals surface area contributed by atoms with Gasteiger partial charge in [-0.15, -0.1) is 0 Å². The van der Waals surface area contributed by atoms with Crippen molar-refractivity contribution in [2.24, 2.45) is 70.0 Å². The second kappa shape index (κ2) is 3.69. The molecule has 2 heterocycles. The van der Waals surface area contributed by atoms with Crippen molar-refractivity contribution >= 4 is 0 Å². The van der Waals surface area contributed by atoms with Gasteiger partial charge in [0.15, 0.2) is 12.6 Å². The molecule has 0 radical (unpaired) electrons. The van der Waals surface area contributed by atoms with Crippen LogP contribution in [0.25, 0.3) is 0 Å². The van der Waals surface area contributed by atoms with Crippen LogP contribution in [-0.4, -0.2) is 39.0 Å². The van der Waals surface area contributed by atoms with Crippen LogP contribution in [0.2, 0.25) is 0 Å². The summed E-state index contributed by atoms with van der Waals surface area (Å²) in [6, 6.07) is 0. The minimum absolute atomic E-state index is 0.0142. The highest BCUT2D eigenvalue weighted by Gasteiger charge is 3.02. The lowest BCUT2D eigenvalue weighted by atomic mass is 9.41. The molecule has 8 bridgehead atoms. The third kappa shape index (κ3) is 0.881. The molecule has 2 saturated heterocycles. The highest BCUT2D eigenvalue weighted by Crippen LogP contribution is 3.00. The van der Waals surface area contributed by atoms with Crippen molar-refractivity contribution in [3.05, 3.63) is 0 Å². The number of methoxy groups -OCH3 is 2. The Kier molecular flexibility index (Phi) is 1.98. The summed E-state index contributed by atoms with van der Waals surface area (Å²) < 4.78 is 26.1. The predicted molar refractivity (Wildman–Crippen MR) is 89.6 cm³/mol. The molecule has 10 fully saturated rings. The van der Waals surface area contributed by atoms with E-state index in [9.17, 15) is 0 Å². The summed E-state index contributed by atoms with van der Waals surface area (Å²) in [4.78, 5) is 0. The van der Waals surface area contributed by atoms with Crippen LogP contribution in [0, 0.1) is 70.0 Å². The Morgan fingerprint density at radius 2 is 1.08 bits per heavy atom. The number of rotatable bonds is 2. The van der Waals surface area contributed by atoms with Crippen LogP contribution in [0.15, 0.2) is 0 Å². The van der Waals surface area contributed by atoms with Gasteiger partial charge in [-0.05, 0) is 84.9 Å². The van der Waals surface area contributed by atoms with E-state index in [1.807, 2.05) is 14.2 Å². The summed E-state index contributed by atoms with van der Waals surface area (Å²) in [6.45, 7) is 0. The third-order valence-corrected chi connectivity index (χ3v) is 12.0. The molecule has 10 rings (SSSR count). The van der Waals surface area contributed by atoms with E-state index in [2.05, 4.69) is 0 Å². The molecule has 140 valence electrons. The van der Waals surface area contributed by atoms with E-state index in [0.717, 1.165) is 59.2 Å². The first-order chi connectivity index (χ1) is 12.8. The van der Waals surface area contributed by atoms with Crippen LogP contribution in [0.4, 0.5) is 0 Å². The molecule has 0 N–H and O–H groups in total. The van der Waals surface area contributed by atoms with Crippen LogP contribution in [0.3, 0.4) is 0 Å². The molecule has 8 saturated carbocycles. The van der Waals surface area contributed by atoms with Crippen molar-refractivity contribution in [3.63, 3.8) is 0 Å². The number of hydrogen-bond acceptors (Lipinski definition) is 4. The molecule has 0 aromatic carbocycles. The Labute approximate surface area is 154 Å². The second-order valence-corrected chi connectivity index (χ2v) is 11.2. The summed E-state index contributed by atoms with van der Waals surface area (Å²) in [5.74, 6) is 8.64. The fraction of sp³-hybridized carbons (Fsp3) is 1.00. The van der Waals surface area contributed by atoms with Crippen LogP contribution in [0.1, 0.15) is 25.7 Å². The van der Waals surface area contributed by atoms with Crippen molar-refractivity contribution in [2.45, 2.75) is 50.5 Å². The van der Waals surface area contributed by atoms with Gasteiger partial charge in [0.1, 0.15) is 0 Å². The van der Waals surface area contributed by atoms with Gasteiger partial charge in [-0.3, -0.25) is 0 Å². The molecule has 26 heavy (non-hydrogen) atoms. The van der Waals surface area contributed by atoms with E-state index in [1.54, 1.807) is 0 Å². The van der Waals surface area contributed by atoms with E-state index in [-0.39, 0.29) is 23.4 Å². The van der Waals surface area contributed by atoms with Gasteiger partial charge in [0, 0.05) is 25.0 Å². The first-order valence-electron chi connectivity index (χ1n) is 11.2. The second-order valence-electron chi connectivity index (χ2n) is 11.2. The zero-order chi connectivity index (χ0) is 16.7. The van der Waals surface area contributed by atoms with Crippen molar-refractivity contribution in [3.8, 4) is 0 Å². The average molecular weight is 356 g/mol. The predicted octanol–water partition coefficient (Wildman–Crippen LogP) is 2.52. The maximum absolute atomic E-state index is 6.81. The maximum atomic E-state index is 6.81. The quantitative estimate of drug-likeness (QED) is 0.762. The van der Waals surface area contributed by atoms with Crippen LogP contribution in [-0.2, 0) is 18.9 Å². The smallest absolute Gasteiger partial charge is 0.164 e.